The predicted molar refractivity (Wildman–Crippen MR) is 89.7 cm³/mol. The van der Waals surface area contributed by atoms with E-state index in [9.17, 15) is 13.2 Å². The van der Waals surface area contributed by atoms with Gasteiger partial charge in [-0.25, -0.2) is 8.42 Å². The number of benzene rings is 1. The van der Waals surface area contributed by atoms with E-state index >= 15 is 0 Å². The molecule has 1 aromatic carbocycles. The predicted octanol–water partition coefficient (Wildman–Crippen LogP) is 1.29. The fraction of sp³-hybridized carbons (Fsp3) is 0.588. The molecular weight excluding hydrogens is 328 g/mol. The van der Waals surface area contributed by atoms with Gasteiger partial charge in [0.1, 0.15) is 0 Å². The Bertz CT molecular complexity index is 694. The molecule has 3 rings (SSSR count). The Balaban J connectivity index is 1.66. The molecule has 0 saturated carbocycles. The van der Waals surface area contributed by atoms with Crippen LogP contribution in [-0.4, -0.2) is 44.4 Å². The van der Waals surface area contributed by atoms with Crippen molar-refractivity contribution in [3.05, 3.63) is 29.8 Å². The van der Waals surface area contributed by atoms with Crippen LogP contribution in [0.4, 0.5) is 0 Å². The maximum Gasteiger partial charge on any atom is 0.243 e. The third-order valence-corrected chi connectivity index (χ3v) is 7.04. The zero-order valence-corrected chi connectivity index (χ0v) is 14.7. The molecule has 0 bridgehead atoms. The van der Waals surface area contributed by atoms with Crippen molar-refractivity contribution in [1.29, 1.82) is 0 Å². The second-order valence-corrected chi connectivity index (χ2v) is 8.63. The van der Waals surface area contributed by atoms with Crippen molar-refractivity contribution < 1.29 is 17.9 Å². The third kappa shape index (κ3) is 3.34. The number of rotatable bonds is 4. The standard InChI is InChI=1S/C17H24N2O4S/c1-12-2-4-14(5-3-12)24(21,22)19-9-6-13(7-10-19)16-15(17(18)20)8-11-23-16/h2-5,13,15-16H,6-11H2,1H3,(H2,18,20)/t15-,16+/m1/s1. The van der Waals surface area contributed by atoms with Gasteiger partial charge in [0, 0.05) is 19.7 Å². The van der Waals surface area contributed by atoms with Crippen molar-refractivity contribution in [2.75, 3.05) is 19.7 Å². The number of nitrogens with zero attached hydrogens (tertiary/aromatic N) is 1. The molecule has 1 amide bonds. The highest BCUT2D eigenvalue weighted by Crippen LogP contribution is 2.34. The molecule has 7 heteroatoms. The minimum Gasteiger partial charge on any atom is -0.377 e. The number of primary amides is 1. The summed E-state index contributed by atoms with van der Waals surface area (Å²) in [5.74, 6) is -0.364. The first-order valence-electron chi connectivity index (χ1n) is 8.37. The molecule has 132 valence electrons. The second-order valence-electron chi connectivity index (χ2n) is 6.69. The minimum atomic E-state index is -3.45. The molecule has 0 aliphatic carbocycles. The molecule has 2 heterocycles. The van der Waals surface area contributed by atoms with Crippen molar-refractivity contribution in [2.24, 2.45) is 17.6 Å². The normalized spacial score (nSPS) is 26.5. The minimum absolute atomic E-state index is 0.160. The van der Waals surface area contributed by atoms with Crippen LogP contribution >= 0.6 is 0 Å². The zero-order valence-electron chi connectivity index (χ0n) is 13.8. The Labute approximate surface area is 143 Å². The number of ether oxygens (including phenoxy) is 1. The molecule has 2 saturated heterocycles. The average molecular weight is 352 g/mol. The summed E-state index contributed by atoms with van der Waals surface area (Å²) < 4.78 is 32.7. The van der Waals surface area contributed by atoms with Gasteiger partial charge in [-0.1, -0.05) is 17.7 Å². The lowest BCUT2D eigenvalue weighted by Gasteiger charge is -2.35. The maximum absolute atomic E-state index is 12.7. The summed E-state index contributed by atoms with van der Waals surface area (Å²) >= 11 is 0. The third-order valence-electron chi connectivity index (χ3n) is 5.12. The lowest BCUT2D eigenvalue weighted by Crippen LogP contribution is -2.44. The first-order chi connectivity index (χ1) is 11.4. The van der Waals surface area contributed by atoms with Gasteiger partial charge < -0.3 is 10.5 Å². The van der Waals surface area contributed by atoms with E-state index in [-0.39, 0.29) is 23.8 Å². The summed E-state index contributed by atoms with van der Waals surface area (Å²) in [6.45, 7) is 3.39. The summed E-state index contributed by atoms with van der Waals surface area (Å²) in [4.78, 5) is 11.9. The highest BCUT2D eigenvalue weighted by Gasteiger charge is 2.40. The van der Waals surface area contributed by atoms with E-state index in [4.69, 9.17) is 10.5 Å². The first kappa shape index (κ1) is 17.4. The van der Waals surface area contributed by atoms with Gasteiger partial charge in [0.25, 0.3) is 0 Å². The summed E-state index contributed by atoms with van der Waals surface area (Å²) in [6, 6.07) is 6.92. The summed E-state index contributed by atoms with van der Waals surface area (Å²) in [6.07, 6.45) is 1.90. The maximum atomic E-state index is 12.7. The van der Waals surface area contributed by atoms with Crippen LogP contribution in [0.1, 0.15) is 24.8 Å². The lowest BCUT2D eigenvalue weighted by atomic mass is 9.84. The second kappa shape index (κ2) is 6.82. The number of sulfonamides is 1. The SMILES string of the molecule is Cc1ccc(S(=O)(=O)N2CCC([C@@H]3OCC[C@H]3C(N)=O)CC2)cc1. The van der Waals surface area contributed by atoms with Crippen LogP contribution in [0.25, 0.3) is 0 Å². The average Bonchev–Trinajstić information content (AvgIpc) is 3.05. The number of hydrogen-bond acceptors (Lipinski definition) is 4. The van der Waals surface area contributed by atoms with Crippen LogP contribution in [0.15, 0.2) is 29.2 Å². The molecular formula is C17H24N2O4S. The number of nitrogens with two attached hydrogens (primary N) is 1. The molecule has 0 aromatic heterocycles. The quantitative estimate of drug-likeness (QED) is 0.884. The van der Waals surface area contributed by atoms with Gasteiger partial charge in [-0.15, -0.1) is 0 Å². The molecule has 2 N–H and O–H groups in total. The van der Waals surface area contributed by atoms with E-state index in [1.807, 2.05) is 19.1 Å². The van der Waals surface area contributed by atoms with Gasteiger partial charge >= 0.3 is 0 Å². The van der Waals surface area contributed by atoms with Crippen LogP contribution < -0.4 is 5.73 Å². The van der Waals surface area contributed by atoms with Gasteiger partial charge in [0.05, 0.1) is 16.9 Å². The lowest BCUT2D eigenvalue weighted by molar-refractivity contribution is -0.124. The molecule has 24 heavy (non-hydrogen) atoms. The topological polar surface area (TPSA) is 89.7 Å². The van der Waals surface area contributed by atoms with Crippen LogP contribution in [0.5, 0.6) is 0 Å². The van der Waals surface area contributed by atoms with E-state index < -0.39 is 10.0 Å². The van der Waals surface area contributed by atoms with Crippen molar-refractivity contribution >= 4 is 15.9 Å². The van der Waals surface area contributed by atoms with E-state index in [1.165, 1.54) is 4.31 Å². The van der Waals surface area contributed by atoms with Gasteiger partial charge in [0.2, 0.25) is 15.9 Å². The van der Waals surface area contributed by atoms with Crippen molar-refractivity contribution in [1.82, 2.24) is 4.31 Å². The largest absolute Gasteiger partial charge is 0.377 e. The number of amides is 1. The molecule has 1 aromatic rings. The van der Waals surface area contributed by atoms with Crippen LogP contribution in [0.2, 0.25) is 0 Å². The Morgan fingerprint density at radius 3 is 2.38 bits per heavy atom. The molecule has 2 atom stereocenters. The smallest absolute Gasteiger partial charge is 0.243 e. The molecule has 0 radical (unpaired) electrons. The fourth-order valence-electron chi connectivity index (χ4n) is 3.68. The highest BCUT2D eigenvalue weighted by atomic mass is 32.2. The zero-order chi connectivity index (χ0) is 17.3. The molecule has 0 spiro atoms. The van der Waals surface area contributed by atoms with E-state index in [1.54, 1.807) is 12.1 Å². The van der Waals surface area contributed by atoms with Crippen LogP contribution in [-0.2, 0) is 19.6 Å². The summed E-state index contributed by atoms with van der Waals surface area (Å²) in [7, 11) is -3.45. The van der Waals surface area contributed by atoms with E-state index in [0.29, 0.717) is 43.9 Å². The van der Waals surface area contributed by atoms with Gasteiger partial charge in [0.15, 0.2) is 0 Å². The van der Waals surface area contributed by atoms with E-state index in [2.05, 4.69) is 0 Å². The number of carbonyl (C=O) groups excluding carboxylic acids is 1. The molecule has 6 nitrogen and oxygen atoms in total. The number of piperidine rings is 1. The number of aryl methyl sites for hydroxylation is 1. The van der Waals surface area contributed by atoms with Gasteiger partial charge in [-0.3, -0.25) is 4.79 Å². The van der Waals surface area contributed by atoms with E-state index in [0.717, 1.165) is 5.56 Å². The monoisotopic (exact) mass is 352 g/mol. The Morgan fingerprint density at radius 1 is 1.17 bits per heavy atom. The van der Waals surface area contributed by atoms with Crippen molar-refractivity contribution in [3.8, 4) is 0 Å². The molecule has 2 aliphatic heterocycles. The first-order valence-corrected chi connectivity index (χ1v) is 9.81. The Kier molecular flexibility index (Phi) is 4.94. The number of carbonyl (C=O) groups is 1. The Hall–Kier alpha value is -1.44. The van der Waals surface area contributed by atoms with Crippen LogP contribution in [0, 0.1) is 18.8 Å². The van der Waals surface area contributed by atoms with Crippen LogP contribution in [0.3, 0.4) is 0 Å². The highest BCUT2D eigenvalue weighted by molar-refractivity contribution is 7.89. The Morgan fingerprint density at radius 2 is 1.79 bits per heavy atom. The fourth-order valence-corrected chi connectivity index (χ4v) is 5.15. The van der Waals surface area contributed by atoms with Crippen molar-refractivity contribution in [2.45, 2.75) is 37.2 Å². The summed E-state index contributed by atoms with van der Waals surface area (Å²) in [5.41, 5.74) is 6.49. The summed E-state index contributed by atoms with van der Waals surface area (Å²) in [5, 5.41) is 0. The molecule has 2 fully saturated rings. The number of hydrogen-bond donors (Lipinski definition) is 1. The van der Waals surface area contributed by atoms with Gasteiger partial charge in [-0.2, -0.15) is 4.31 Å². The molecule has 0 unspecified atom stereocenters. The molecule has 2 aliphatic rings. The van der Waals surface area contributed by atoms with Crippen molar-refractivity contribution in [3.63, 3.8) is 0 Å². The van der Waals surface area contributed by atoms with Gasteiger partial charge in [-0.05, 0) is 44.2 Å².